The van der Waals surface area contributed by atoms with Crippen LogP contribution in [0.2, 0.25) is 0 Å². The molecule has 5 nitrogen and oxygen atoms in total. The molecule has 1 amide bonds. The maximum Gasteiger partial charge on any atom is 0.229 e. The minimum absolute atomic E-state index is 0.115. The highest BCUT2D eigenvalue weighted by atomic mass is 32.2. The van der Waals surface area contributed by atoms with Crippen molar-refractivity contribution < 1.29 is 13.6 Å². The van der Waals surface area contributed by atoms with Gasteiger partial charge in [-0.05, 0) is 34.1 Å². The summed E-state index contributed by atoms with van der Waals surface area (Å²) in [6.45, 7) is 7.80. The van der Waals surface area contributed by atoms with Crippen molar-refractivity contribution in [3.63, 3.8) is 0 Å². The molecule has 0 fully saturated rings. The molecule has 6 heteroatoms. The van der Waals surface area contributed by atoms with Gasteiger partial charge >= 0.3 is 0 Å². The predicted molar refractivity (Wildman–Crippen MR) is 69.2 cm³/mol. The molecule has 0 heterocycles. The van der Waals surface area contributed by atoms with Gasteiger partial charge in [0.2, 0.25) is 5.91 Å². The molecule has 1 unspecified atom stereocenters. The van der Waals surface area contributed by atoms with E-state index in [2.05, 4.69) is 5.32 Å². The summed E-state index contributed by atoms with van der Waals surface area (Å²) < 4.78 is 26.2. The number of hydrogen-bond donors (Lipinski definition) is 3. The Balaban J connectivity index is 4.16. The molecule has 100 valence electrons. The van der Waals surface area contributed by atoms with Gasteiger partial charge in [0.25, 0.3) is 0 Å². The molecular weight excluding hydrogens is 240 g/mol. The van der Waals surface area contributed by atoms with Crippen LogP contribution in [0.4, 0.5) is 0 Å². The Hall–Kier alpha value is -0.880. The third-order valence-corrected chi connectivity index (χ3v) is 2.96. The molecule has 0 aromatic heterocycles. The van der Waals surface area contributed by atoms with Gasteiger partial charge in [-0.15, -0.1) is 0 Å². The van der Waals surface area contributed by atoms with E-state index in [1.807, 2.05) is 33.8 Å². The summed E-state index contributed by atoms with van der Waals surface area (Å²) >= 11 is 0. The second-order valence-corrected chi connectivity index (χ2v) is 6.59. The van der Waals surface area contributed by atoms with Gasteiger partial charge in [0.15, 0.2) is 10.0 Å². The van der Waals surface area contributed by atoms with Crippen LogP contribution in [0.25, 0.3) is 0 Å². The summed E-state index contributed by atoms with van der Waals surface area (Å²) in [4.78, 5) is 11.8. The zero-order chi connectivity index (χ0) is 13.7. The quantitative estimate of drug-likeness (QED) is 0.505. The Morgan fingerprint density at radius 1 is 1.47 bits per heavy atom. The van der Waals surface area contributed by atoms with E-state index in [4.69, 9.17) is 9.33 Å². The van der Waals surface area contributed by atoms with Crippen molar-refractivity contribution in [3.8, 4) is 0 Å². The van der Waals surface area contributed by atoms with Crippen LogP contribution in [0.3, 0.4) is 0 Å². The van der Waals surface area contributed by atoms with Crippen LogP contribution < -0.4 is 5.32 Å². The standard InChI is InChI=1S/C11H22N2O3S/c1-9(2)8-11(3,4)10(14)13-6-5-7-17(12,15)16/h8H,5-7H2,1-4H3,(H,13,14)(H2,12,15,16). The molecule has 0 saturated heterocycles. The van der Waals surface area contributed by atoms with E-state index in [9.17, 15) is 9.00 Å². The summed E-state index contributed by atoms with van der Waals surface area (Å²) in [5.74, 6) is -0.232. The summed E-state index contributed by atoms with van der Waals surface area (Å²) in [6, 6.07) is 0. The lowest BCUT2D eigenvalue weighted by Gasteiger charge is -2.20. The molecule has 0 aromatic rings. The molecule has 0 radical (unpaired) electrons. The van der Waals surface area contributed by atoms with Crippen LogP contribution in [0.1, 0.15) is 34.1 Å². The van der Waals surface area contributed by atoms with Crippen LogP contribution in [0, 0.1) is 10.2 Å². The fourth-order valence-corrected chi connectivity index (χ4v) is 2.02. The number of rotatable bonds is 6. The van der Waals surface area contributed by atoms with Gasteiger partial charge in [0.1, 0.15) is 0 Å². The van der Waals surface area contributed by atoms with Crippen molar-refractivity contribution in [1.29, 1.82) is 4.78 Å². The Morgan fingerprint density at radius 3 is 2.41 bits per heavy atom. The number of amides is 1. The highest BCUT2D eigenvalue weighted by Gasteiger charge is 2.24. The lowest BCUT2D eigenvalue weighted by molar-refractivity contribution is -0.127. The monoisotopic (exact) mass is 262 g/mol. The Morgan fingerprint density at radius 2 is 2.00 bits per heavy atom. The second-order valence-electron chi connectivity index (χ2n) is 4.90. The first-order valence-electron chi connectivity index (χ1n) is 5.48. The Bertz CT molecular complexity index is 393. The topological polar surface area (TPSA) is 90.3 Å². The molecule has 0 rings (SSSR count). The van der Waals surface area contributed by atoms with Crippen molar-refractivity contribution in [2.45, 2.75) is 34.1 Å². The number of carbonyl (C=O) groups excluding carboxylic acids is 1. The smallest absolute Gasteiger partial charge is 0.229 e. The van der Waals surface area contributed by atoms with Gasteiger partial charge in [0, 0.05) is 6.54 Å². The predicted octanol–water partition coefficient (Wildman–Crippen LogP) is 2.00. The first-order valence-corrected chi connectivity index (χ1v) is 7.16. The van der Waals surface area contributed by atoms with Crippen LogP contribution in [0.5, 0.6) is 0 Å². The zero-order valence-electron chi connectivity index (χ0n) is 10.9. The molecule has 0 aliphatic carbocycles. The minimum atomic E-state index is -3.44. The Kier molecular flexibility index (Phi) is 5.84. The number of carbonyl (C=O) groups is 1. The SMILES string of the molecule is CC(C)=CC(C)(C)C(=O)NCCCS(=N)(=O)O. The van der Waals surface area contributed by atoms with E-state index < -0.39 is 15.4 Å². The van der Waals surface area contributed by atoms with E-state index in [1.165, 1.54) is 0 Å². The maximum absolute atomic E-state index is 11.8. The fourth-order valence-electron chi connectivity index (χ4n) is 1.48. The van der Waals surface area contributed by atoms with Gasteiger partial charge in [-0.1, -0.05) is 11.6 Å². The molecule has 0 aliphatic rings. The van der Waals surface area contributed by atoms with E-state index in [0.29, 0.717) is 13.0 Å². The lowest BCUT2D eigenvalue weighted by Crippen LogP contribution is -2.36. The van der Waals surface area contributed by atoms with E-state index >= 15 is 0 Å². The molecule has 17 heavy (non-hydrogen) atoms. The van der Waals surface area contributed by atoms with Gasteiger partial charge in [-0.3, -0.25) is 4.79 Å². The fraction of sp³-hybridized carbons (Fsp3) is 0.727. The van der Waals surface area contributed by atoms with Gasteiger partial charge in [-0.2, -0.15) is 0 Å². The second kappa shape index (κ2) is 6.16. The molecule has 0 aliphatic heterocycles. The van der Waals surface area contributed by atoms with Crippen LogP contribution in [-0.2, 0) is 14.8 Å². The molecule has 0 spiro atoms. The normalized spacial score (nSPS) is 14.9. The molecular formula is C11H22N2O3S. The molecule has 1 atom stereocenters. The summed E-state index contributed by atoms with van der Waals surface area (Å²) in [5.41, 5.74) is 0.482. The van der Waals surface area contributed by atoms with E-state index in [1.54, 1.807) is 0 Å². The van der Waals surface area contributed by atoms with Crippen LogP contribution >= 0.6 is 0 Å². The van der Waals surface area contributed by atoms with Gasteiger partial charge in [-0.25, -0.2) is 8.99 Å². The molecule has 0 bridgehead atoms. The van der Waals surface area contributed by atoms with Gasteiger partial charge in [0.05, 0.1) is 11.2 Å². The third-order valence-electron chi connectivity index (χ3n) is 2.12. The van der Waals surface area contributed by atoms with Crippen molar-refractivity contribution in [2.75, 3.05) is 12.3 Å². The maximum atomic E-state index is 11.8. The molecule has 3 N–H and O–H groups in total. The lowest BCUT2D eigenvalue weighted by atomic mass is 9.90. The Labute approximate surface area is 103 Å². The molecule has 0 aromatic carbocycles. The summed E-state index contributed by atoms with van der Waals surface area (Å²) in [6.07, 6.45) is 2.21. The highest BCUT2D eigenvalue weighted by molar-refractivity contribution is 7.86. The summed E-state index contributed by atoms with van der Waals surface area (Å²) in [7, 11) is -3.44. The van der Waals surface area contributed by atoms with Crippen molar-refractivity contribution >= 4 is 15.9 Å². The average Bonchev–Trinajstić information content (AvgIpc) is 2.08. The van der Waals surface area contributed by atoms with Crippen LogP contribution in [0.15, 0.2) is 11.6 Å². The van der Waals surface area contributed by atoms with E-state index in [-0.39, 0.29) is 11.7 Å². The number of hydrogen-bond acceptors (Lipinski definition) is 3. The van der Waals surface area contributed by atoms with Crippen LogP contribution in [-0.4, -0.2) is 27.0 Å². The van der Waals surface area contributed by atoms with Crippen molar-refractivity contribution in [2.24, 2.45) is 5.41 Å². The average molecular weight is 262 g/mol. The molecule has 0 saturated carbocycles. The summed E-state index contributed by atoms with van der Waals surface area (Å²) in [5, 5.41) is 2.70. The largest absolute Gasteiger partial charge is 0.355 e. The van der Waals surface area contributed by atoms with Crippen molar-refractivity contribution in [3.05, 3.63) is 11.6 Å². The van der Waals surface area contributed by atoms with E-state index in [0.717, 1.165) is 5.57 Å². The van der Waals surface area contributed by atoms with Crippen molar-refractivity contribution in [1.82, 2.24) is 5.32 Å². The number of allylic oxidation sites excluding steroid dienone is 1. The number of nitrogens with one attached hydrogen (secondary N) is 2. The minimum Gasteiger partial charge on any atom is -0.355 e. The highest BCUT2D eigenvalue weighted by Crippen LogP contribution is 2.19. The first-order chi connectivity index (χ1) is 7.54. The van der Waals surface area contributed by atoms with Gasteiger partial charge < -0.3 is 9.87 Å². The zero-order valence-corrected chi connectivity index (χ0v) is 11.7. The third kappa shape index (κ3) is 7.93. The first kappa shape index (κ1) is 16.1.